The quantitative estimate of drug-likeness (QED) is 0.456. The Kier molecular flexibility index (Phi) is 4.98. The molecule has 0 amide bonds. The Balaban J connectivity index is 3.28. The van der Waals surface area contributed by atoms with Gasteiger partial charge in [0.2, 0.25) is 0 Å². The monoisotopic (exact) mass is 186 g/mol. The molecule has 0 bridgehead atoms. The lowest BCUT2D eigenvalue weighted by Crippen LogP contribution is -2.35. The molecule has 80 valence electrons. The van der Waals surface area contributed by atoms with E-state index in [9.17, 15) is 0 Å². The number of hydrogen-bond donors (Lipinski definition) is 0. The maximum atomic E-state index is 2.33. The molecule has 0 aliphatic heterocycles. The summed E-state index contributed by atoms with van der Waals surface area (Å²) in [7, 11) is 6.80. The highest BCUT2D eigenvalue weighted by atomic mass is 15.3. The summed E-state index contributed by atoms with van der Waals surface area (Å²) in [6.45, 7) is 8.29. The fourth-order valence-electron chi connectivity index (χ4n) is 1.42. The van der Waals surface area contributed by atoms with Crippen LogP contribution < -0.4 is 0 Å². The molecule has 0 aromatic heterocycles. The molecular formula is C12H28N+. The predicted octanol–water partition coefficient (Wildman–Crippen LogP) is 3.30. The van der Waals surface area contributed by atoms with Crippen LogP contribution in [0.3, 0.4) is 0 Å². The van der Waals surface area contributed by atoms with Crippen LogP contribution in [0.2, 0.25) is 0 Å². The van der Waals surface area contributed by atoms with Gasteiger partial charge in [-0.3, -0.25) is 0 Å². The zero-order valence-corrected chi connectivity index (χ0v) is 10.5. The van der Waals surface area contributed by atoms with E-state index in [-0.39, 0.29) is 0 Å². The minimum atomic E-state index is 0.524. The van der Waals surface area contributed by atoms with Crippen LogP contribution in [-0.4, -0.2) is 32.2 Å². The fraction of sp³-hybridized carbons (Fsp3) is 1.00. The largest absolute Gasteiger partial charge is 0.331 e. The van der Waals surface area contributed by atoms with E-state index in [1.165, 1.54) is 32.2 Å². The van der Waals surface area contributed by atoms with E-state index in [2.05, 4.69) is 41.9 Å². The zero-order valence-electron chi connectivity index (χ0n) is 10.5. The maximum Gasteiger partial charge on any atom is 0.0780 e. The van der Waals surface area contributed by atoms with Crippen molar-refractivity contribution in [1.29, 1.82) is 0 Å². The van der Waals surface area contributed by atoms with Gasteiger partial charge in [-0.15, -0.1) is 0 Å². The highest BCUT2D eigenvalue weighted by Gasteiger charge is 2.10. The lowest BCUT2D eigenvalue weighted by atomic mass is 9.89. The lowest BCUT2D eigenvalue weighted by molar-refractivity contribution is -0.870. The third kappa shape index (κ3) is 12.0. The summed E-state index contributed by atoms with van der Waals surface area (Å²) < 4.78 is 1.11. The predicted molar refractivity (Wildman–Crippen MR) is 60.8 cm³/mol. The van der Waals surface area contributed by atoms with Crippen LogP contribution in [0.4, 0.5) is 0 Å². The Morgan fingerprint density at radius 3 is 1.77 bits per heavy atom. The van der Waals surface area contributed by atoms with Crippen LogP contribution in [0, 0.1) is 5.41 Å². The number of hydrogen-bond acceptors (Lipinski definition) is 0. The minimum Gasteiger partial charge on any atom is -0.331 e. The molecule has 0 fully saturated rings. The molecule has 0 aromatic rings. The summed E-state index contributed by atoms with van der Waals surface area (Å²) in [6.07, 6.45) is 5.53. The molecule has 0 saturated heterocycles. The van der Waals surface area contributed by atoms with Gasteiger partial charge in [-0.05, 0) is 24.7 Å². The van der Waals surface area contributed by atoms with Crippen molar-refractivity contribution in [2.24, 2.45) is 5.41 Å². The van der Waals surface area contributed by atoms with Crippen molar-refractivity contribution in [2.75, 3.05) is 27.7 Å². The molecule has 0 heterocycles. The maximum absolute atomic E-state index is 2.33. The van der Waals surface area contributed by atoms with Crippen molar-refractivity contribution in [3.63, 3.8) is 0 Å². The van der Waals surface area contributed by atoms with Crippen LogP contribution in [0.5, 0.6) is 0 Å². The molecule has 0 unspecified atom stereocenters. The van der Waals surface area contributed by atoms with Gasteiger partial charge >= 0.3 is 0 Å². The van der Waals surface area contributed by atoms with Gasteiger partial charge in [0.25, 0.3) is 0 Å². The number of unbranched alkanes of at least 4 members (excludes halogenated alkanes) is 2. The van der Waals surface area contributed by atoms with Gasteiger partial charge in [-0.1, -0.05) is 27.2 Å². The van der Waals surface area contributed by atoms with Crippen molar-refractivity contribution in [3.8, 4) is 0 Å². The topological polar surface area (TPSA) is 0 Å². The van der Waals surface area contributed by atoms with Gasteiger partial charge in [-0.2, -0.15) is 0 Å². The first-order chi connectivity index (χ1) is 5.71. The first-order valence-electron chi connectivity index (χ1n) is 5.51. The summed E-state index contributed by atoms with van der Waals surface area (Å²) in [6, 6.07) is 0. The number of nitrogens with zero attached hydrogens (tertiary/aromatic N) is 1. The van der Waals surface area contributed by atoms with E-state index in [1.807, 2.05) is 0 Å². The molecule has 0 N–H and O–H groups in total. The molecular weight excluding hydrogens is 158 g/mol. The molecule has 0 rings (SSSR count). The van der Waals surface area contributed by atoms with Crippen molar-refractivity contribution < 1.29 is 4.48 Å². The Morgan fingerprint density at radius 1 is 0.846 bits per heavy atom. The second-order valence-electron chi connectivity index (χ2n) is 6.39. The van der Waals surface area contributed by atoms with Crippen molar-refractivity contribution in [1.82, 2.24) is 0 Å². The molecule has 0 aliphatic carbocycles. The van der Waals surface area contributed by atoms with Crippen molar-refractivity contribution in [3.05, 3.63) is 0 Å². The van der Waals surface area contributed by atoms with E-state index in [4.69, 9.17) is 0 Å². The summed E-state index contributed by atoms with van der Waals surface area (Å²) in [5.74, 6) is 0. The van der Waals surface area contributed by atoms with Crippen molar-refractivity contribution in [2.45, 2.75) is 46.5 Å². The fourth-order valence-corrected chi connectivity index (χ4v) is 1.42. The van der Waals surface area contributed by atoms with E-state index in [1.54, 1.807) is 0 Å². The average Bonchev–Trinajstić information content (AvgIpc) is 1.81. The van der Waals surface area contributed by atoms with Gasteiger partial charge in [-0.25, -0.2) is 0 Å². The third-order valence-electron chi connectivity index (χ3n) is 2.26. The second-order valence-corrected chi connectivity index (χ2v) is 6.39. The van der Waals surface area contributed by atoms with Crippen LogP contribution in [0.15, 0.2) is 0 Å². The molecule has 0 spiro atoms. The molecule has 0 saturated carbocycles. The summed E-state index contributed by atoms with van der Waals surface area (Å²) in [5, 5.41) is 0. The van der Waals surface area contributed by atoms with Gasteiger partial charge < -0.3 is 4.48 Å². The normalized spacial score (nSPS) is 13.4. The molecule has 13 heavy (non-hydrogen) atoms. The van der Waals surface area contributed by atoms with Gasteiger partial charge in [0.05, 0.1) is 27.7 Å². The average molecular weight is 186 g/mol. The Morgan fingerprint density at radius 2 is 1.38 bits per heavy atom. The van der Waals surface area contributed by atoms with Crippen LogP contribution in [0.1, 0.15) is 46.5 Å². The Labute approximate surface area is 84.7 Å². The Bertz CT molecular complexity index is 109. The standard InChI is InChI=1S/C12H28N/c1-12(2,3)10-8-7-9-11-13(4,5)6/h7-11H2,1-6H3/q+1. The molecule has 0 atom stereocenters. The van der Waals surface area contributed by atoms with E-state index < -0.39 is 0 Å². The first-order valence-corrected chi connectivity index (χ1v) is 5.51. The van der Waals surface area contributed by atoms with Gasteiger partial charge in [0.1, 0.15) is 0 Å². The SMILES string of the molecule is CC(C)(C)CCCCC[N+](C)(C)C. The van der Waals surface area contributed by atoms with Gasteiger partial charge in [0.15, 0.2) is 0 Å². The molecule has 0 aromatic carbocycles. The van der Waals surface area contributed by atoms with Crippen molar-refractivity contribution >= 4 is 0 Å². The zero-order chi connectivity index (χ0) is 10.5. The van der Waals surface area contributed by atoms with E-state index >= 15 is 0 Å². The van der Waals surface area contributed by atoms with E-state index in [0.29, 0.717) is 5.41 Å². The highest BCUT2D eigenvalue weighted by molar-refractivity contribution is 4.60. The van der Waals surface area contributed by atoms with Crippen LogP contribution in [0.25, 0.3) is 0 Å². The molecule has 1 nitrogen and oxygen atoms in total. The van der Waals surface area contributed by atoms with Crippen LogP contribution in [-0.2, 0) is 0 Å². The summed E-state index contributed by atoms with van der Waals surface area (Å²) in [4.78, 5) is 0. The smallest absolute Gasteiger partial charge is 0.0780 e. The van der Waals surface area contributed by atoms with Crippen LogP contribution >= 0.6 is 0 Å². The lowest BCUT2D eigenvalue weighted by Gasteiger charge is -2.24. The van der Waals surface area contributed by atoms with Gasteiger partial charge in [0, 0.05) is 0 Å². The third-order valence-corrected chi connectivity index (χ3v) is 2.26. The molecule has 1 heteroatoms. The number of quaternary nitrogens is 1. The molecule has 0 radical (unpaired) electrons. The second kappa shape index (κ2) is 4.99. The number of rotatable bonds is 5. The van der Waals surface area contributed by atoms with E-state index in [0.717, 1.165) is 4.48 Å². The molecule has 0 aliphatic rings. The Hall–Kier alpha value is -0.0400. The first kappa shape index (κ1) is 13.0. The summed E-state index contributed by atoms with van der Waals surface area (Å²) >= 11 is 0. The highest BCUT2D eigenvalue weighted by Crippen LogP contribution is 2.22. The summed E-state index contributed by atoms with van der Waals surface area (Å²) in [5.41, 5.74) is 0.524. The minimum absolute atomic E-state index is 0.524.